The van der Waals surface area contributed by atoms with Crippen molar-refractivity contribution in [1.82, 2.24) is 24.7 Å². The van der Waals surface area contributed by atoms with Crippen molar-refractivity contribution in [3.05, 3.63) is 77.7 Å². The first-order chi connectivity index (χ1) is 16.1. The van der Waals surface area contributed by atoms with Crippen molar-refractivity contribution in [2.75, 3.05) is 31.9 Å². The Morgan fingerprint density at radius 1 is 1.06 bits per heavy atom. The molecule has 5 rings (SSSR count). The van der Waals surface area contributed by atoms with Gasteiger partial charge in [-0.05, 0) is 48.4 Å². The number of nitrogens with one attached hydrogen (secondary N) is 1. The third-order valence-electron chi connectivity index (χ3n) is 5.75. The van der Waals surface area contributed by atoms with Crippen LogP contribution in [0.15, 0.2) is 60.9 Å². The van der Waals surface area contributed by atoms with Crippen LogP contribution >= 0.6 is 0 Å². The largest absolute Gasteiger partial charge is 0.384 e. The van der Waals surface area contributed by atoms with Gasteiger partial charge in [-0.1, -0.05) is 10.4 Å². The van der Waals surface area contributed by atoms with Gasteiger partial charge in [0, 0.05) is 55.1 Å². The maximum absolute atomic E-state index is 12.8. The molecule has 0 bridgehead atoms. The highest BCUT2D eigenvalue weighted by Crippen LogP contribution is 2.18. The van der Waals surface area contributed by atoms with Crippen LogP contribution < -0.4 is 15.7 Å². The van der Waals surface area contributed by atoms with E-state index < -0.39 is 0 Å². The molecule has 0 unspecified atom stereocenters. The summed E-state index contributed by atoms with van der Waals surface area (Å²) in [5.41, 5.74) is 10.8. The molecule has 1 aromatic carbocycles. The van der Waals surface area contributed by atoms with E-state index in [2.05, 4.69) is 27.1 Å². The summed E-state index contributed by atoms with van der Waals surface area (Å²) in [4.78, 5) is 23.1. The van der Waals surface area contributed by atoms with Gasteiger partial charge < -0.3 is 16.0 Å². The van der Waals surface area contributed by atoms with E-state index in [4.69, 9.17) is 5.73 Å². The van der Waals surface area contributed by atoms with Crippen LogP contribution in [0.25, 0.3) is 16.9 Å². The number of fused-ring (bicyclic) bond motifs is 1. The molecule has 0 atom stereocenters. The number of nitrogens with two attached hydrogens (primary N) is 1. The highest BCUT2D eigenvalue weighted by atomic mass is 16.2. The maximum Gasteiger partial charge on any atom is 0.253 e. The lowest BCUT2D eigenvalue weighted by atomic mass is 10.1. The molecule has 0 aliphatic carbocycles. The van der Waals surface area contributed by atoms with Gasteiger partial charge in [0.1, 0.15) is 5.82 Å². The summed E-state index contributed by atoms with van der Waals surface area (Å²) in [7, 11) is 1.97. The lowest BCUT2D eigenvalue weighted by molar-refractivity contribution is -0.730. The predicted molar refractivity (Wildman–Crippen MR) is 125 cm³/mol. The van der Waals surface area contributed by atoms with Gasteiger partial charge in [-0.15, -0.1) is 4.68 Å². The SMILES string of the molecule is C[n+]1c(-c2ccc(C(=O)N3CCNCC3)cc2)ccc2ncc(C#Cc3ccnc(N)c3)n21. The number of benzene rings is 1. The molecule has 8 nitrogen and oxygen atoms in total. The Labute approximate surface area is 191 Å². The Hall–Kier alpha value is -4.22. The summed E-state index contributed by atoms with van der Waals surface area (Å²) >= 11 is 0. The van der Waals surface area contributed by atoms with Crippen molar-refractivity contribution in [2.45, 2.75) is 0 Å². The van der Waals surface area contributed by atoms with Gasteiger partial charge in [0.2, 0.25) is 5.69 Å². The standard InChI is InChI=1S/C25H24N7O/c1-30-22(19-3-5-20(6-4-19)25(33)31-14-12-27-13-15-31)8-9-24-29-17-21(32(24)30)7-2-18-10-11-28-23(26)16-18/h3-6,8-11,16-17,27H,12-15H2,1H3,(H2,26,28)/q+1. The number of carbonyl (C=O) groups is 1. The molecule has 33 heavy (non-hydrogen) atoms. The lowest BCUT2D eigenvalue weighted by Gasteiger charge is -2.27. The fraction of sp³-hybridized carbons (Fsp3) is 0.200. The Morgan fingerprint density at radius 3 is 2.61 bits per heavy atom. The number of aromatic nitrogens is 4. The Kier molecular flexibility index (Phi) is 5.47. The minimum Gasteiger partial charge on any atom is -0.384 e. The number of nitrogen functional groups attached to an aromatic ring is 1. The highest BCUT2D eigenvalue weighted by Gasteiger charge is 2.20. The number of nitrogens with zero attached hydrogens (tertiary/aromatic N) is 5. The van der Waals surface area contributed by atoms with E-state index in [1.54, 1.807) is 18.5 Å². The van der Waals surface area contributed by atoms with Gasteiger partial charge >= 0.3 is 0 Å². The summed E-state index contributed by atoms with van der Waals surface area (Å²) in [6, 6.07) is 15.3. The number of hydrogen-bond acceptors (Lipinski definition) is 5. The molecule has 3 N–H and O–H groups in total. The van der Waals surface area contributed by atoms with Crippen LogP contribution in [0.2, 0.25) is 0 Å². The van der Waals surface area contributed by atoms with E-state index in [-0.39, 0.29) is 5.91 Å². The van der Waals surface area contributed by atoms with E-state index in [0.29, 0.717) is 11.4 Å². The van der Waals surface area contributed by atoms with E-state index in [1.807, 2.05) is 63.6 Å². The van der Waals surface area contributed by atoms with E-state index >= 15 is 0 Å². The topological polar surface area (TPSA) is 92.4 Å². The van der Waals surface area contributed by atoms with Gasteiger partial charge in [-0.2, -0.15) is 0 Å². The zero-order valence-corrected chi connectivity index (χ0v) is 18.3. The molecule has 164 valence electrons. The summed E-state index contributed by atoms with van der Waals surface area (Å²) in [6.45, 7) is 3.15. The Morgan fingerprint density at radius 2 is 1.85 bits per heavy atom. The molecule has 1 saturated heterocycles. The Balaban J connectivity index is 1.46. The molecular weight excluding hydrogens is 414 g/mol. The number of aryl methyl sites for hydroxylation is 1. The third-order valence-corrected chi connectivity index (χ3v) is 5.75. The Bertz CT molecular complexity index is 1390. The van der Waals surface area contributed by atoms with Gasteiger partial charge in [-0.3, -0.25) is 4.79 Å². The monoisotopic (exact) mass is 438 g/mol. The second-order valence-electron chi connectivity index (χ2n) is 7.89. The molecule has 4 aromatic rings. The summed E-state index contributed by atoms with van der Waals surface area (Å²) in [5, 5.41) is 3.27. The van der Waals surface area contributed by atoms with Crippen LogP contribution in [0, 0.1) is 11.8 Å². The minimum atomic E-state index is 0.0757. The first-order valence-corrected chi connectivity index (χ1v) is 10.8. The number of anilines is 1. The number of pyridine rings is 1. The van der Waals surface area contributed by atoms with Gasteiger partial charge in [0.15, 0.2) is 18.4 Å². The fourth-order valence-electron chi connectivity index (χ4n) is 4.02. The average molecular weight is 439 g/mol. The van der Waals surface area contributed by atoms with E-state index in [9.17, 15) is 4.79 Å². The molecule has 0 spiro atoms. The molecule has 4 heterocycles. The molecule has 1 fully saturated rings. The normalized spacial score (nSPS) is 13.5. The lowest BCUT2D eigenvalue weighted by Crippen LogP contribution is -2.46. The number of rotatable bonds is 2. The molecule has 1 aliphatic rings. The van der Waals surface area contributed by atoms with Crippen LogP contribution in [-0.2, 0) is 7.05 Å². The second-order valence-corrected chi connectivity index (χ2v) is 7.89. The van der Waals surface area contributed by atoms with Gasteiger partial charge in [0.05, 0.1) is 6.20 Å². The summed E-state index contributed by atoms with van der Waals surface area (Å²) < 4.78 is 3.98. The molecule has 8 heteroatoms. The first-order valence-electron chi connectivity index (χ1n) is 10.8. The van der Waals surface area contributed by atoms with Crippen molar-refractivity contribution in [2.24, 2.45) is 7.05 Å². The predicted octanol–water partition coefficient (Wildman–Crippen LogP) is 1.25. The molecule has 0 radical (unpaired) electrons. The molecule has 1 amide bonds. The number of carbonyl (C=O) groups excluding carboxylic acids is 1. The van der Waals surface area contributed by atoms with Crippen LogP contribution in [0.3, 0.4) is 0 Å². The highest BCUT2D eigenvalue weighted by molar-refractivity contribution is 5.94. The zero-order valence-electron chi connectivity index (χ0n) is 18.3. The number of piperazine rings is 1. The van der Waals surface area contributed by atoms with Crippen LogP contribution in [0.5, 0.6) is 0 Å². The van der Waals surface area contributed by atoms with Crippen LogP contribution in [-0.4, -0.2) is 51.5 Å². The van der Waals surface area contributed by atoms with Crippen LogP contribution in [0.4, 0.5) is 5.82 Å². The molecule has 1 aliphatic heterocycles. The van der Waals surface area contributed by atoms with Crippen molar-refractivity contribution in [3.63, 3.8) is 0 Å². The van der Waals surface area contributed by atoms with Crippen molar-refractivity contribution >= 4 is 17.4 Å². The number of hydrogen-bond donors (Lipinski definition) is 2. The van der Waals surface area contributed by atoms with E-state index in [0.717, 1.165) is 54.3 Å². The molecular formula is C25H24N7O+. The van der Waals surface area contributed by atoms with Crippen molar-refractivity contribution < 1.29 is 9.48 Å². The fourth-order valence-corrected chi connectivity index (χ4v) is 4.02. The maximum atomic E-state index is 12.8. The second kappa shape index (κ2) is 8.73. The number of imidazole rings is 1. The first kappa shape index (κ1) is 20.7. The quantitative estimate of drug-likeness (QED) is 0.363. The average Bonchev–Trinajstić information content (AvgIpc) is 3.27. The zero-order chi connectivity index (χ0) is 22.8. The minimum absolute atomic E-state index is 0.0757. The third kappa shape index (κ3) is 4.14. The van der Waals surface area contributed by atoms with E-state index in [1.165, 1.54) is 0 Å². The molecule has 0 saturated carbocycles. The van der Waals surface area contributed by atoms with Crippen molar-refractivity contribution in [3.8, 4) is 23.1 Å². The smallest absolute Gasteiger partial charge is 0.253 e. The number of amides is 1. The molecule has 3 aromatic heterocycles. The summed E-state index contributed by atoms with van der Waals surface area (Å²) in [6.07, 6.45) is 3.40. The summed E-state index contributed by atoms with van der Waals surface area (Å²) in [5.74, 6) is 6.82. The van der Waals surface area contributed by atoms with Gasteiger partial charge in [-0.25, -0.2) is 9.97 Å². The van der Waals surface area contributed by atoms with Gasteiger partial charge in [0.25, 0.3) is 5.91 Å². The van der Waals surface area contributed by atoms with Crippen LogP contribution in [0.1, 0.15) is 21.6 Å². The van der Waals surface area contributed by atoms with Crippen molar-refractivity contribution in [1.29, 1.82) is 0 Å².